The average Bonchev–Trinajstić information content (AvgIpc) is 0. The van der Waals surface area contributed by atoms with Gasteiger partial charge >= 0.3 is 0 Å². The fourth-order valence-electron chi connectivity index (χ4n) is 0. The van der Waals surface area contributed by atoms with Crippen LogP contribution in [0.2, 0.25) is 0 Å². The second-order valence-electron chi connectivity index (χ2n) is 0. The second kappa shape index (κ2) is 28.9. The molecule has 0 fully saturated rings. The summed E-state index contributed by atoms with van der Waals surface area (Å²) in [6, 6.07) is 0. The van der Waals surface area contributed by atoms with Gasteiger partial charge in [0.2, 0.25) is 0 Å². The summed E-state index contributed by atoms with van der Waals surface area (Å²) in [4.78, 5) is 0. The molecule has 0 unspecified atom stereocenters. The standard InChI is InChI=1S/CH4.Ba.Cr.Fe.Si/h1H4;;;;. The number of hydrogen-bond acceptors (Lipinski definition) is 0. The minimum absolute atomic E-state index is 0. The van der Waals surface area contributed by atoms with Crippen molar-refractivity contribution in [2.24, 2.45) is 0 Å². The fraction of sp³-hybridized carbons (Fsp3) is 1.00. The summed E-state index contributed by atoms with van der Waals surface area (Å²) in [5.41, 5.74) is 0. The van der Waals surface area contributed by atoms with Crippen molar-refractivity contribution in [2.45, 2.75) is 7.43 Å². The smallest absolute Gasteiger partial charge is 0 e. The zero-order valence-corrected chi connectivity index (χ0v) is 9.79. The average molecular weight is 289 g/mol. The molecule has 0 heterocycles. The normalized spacial score (nSPS) is 0. The van der Waals surface area contributed by atoms with Crippen LogP contribution in [0.15, 0.2) is 0 Å². The molecule has 28 valence electrons. The Bertz CT molecular complexity index is 11.6. The summed E-state index contributed by atoms with van der Waals surface area (Å²) >= 11 is 0. The summed E-state index contributed by atoms with van der Waals surface area (Å²) < 4.78 is 0. The van der Waals surface area contributed by atoms with E-state index >= 15 is 0 Å². The molecule has 0 atom stereocenters. The van der Waals surface area contributed by atoms with Crippen molar-refractivity contribution in [2.75, 3.05) is 0 Å². The largest absolute Gasteiger partial charge is 0.0776 e. The quantitative estimate of drug-likeness (QED) is 0.545. The van der Waals surface area contributed by atoms with E-state index in [1.807, 2.05) is 0 Å². The maximum absolute atomic E-state index is 0. The summed E-state index contributed by atoms with van der Waals surface area (Å²) in [5, 5.41) is 0. The van der Waals surface area contributed by atoms with Gasteiger partial charge in [-0.1, -0.05) is 7.43 Å². The third-order valence-electron chi connectivity index (χ3n) is 0. The van der Waals surface area contributed by atoms with E-state index < -0.39 is 0 Å². The summed E-state index contributed by atoms with van der Waals surface area (Å²) in [7, 11) is 0. The molecule has 0 nitrogen and oxygen atoms in total. The zero-order chi connectivity index (χ0) is 0. The number of hydrogen-bond donors (Lipinski definition) is 0. The zero-order valence-electron chi connectivity index (χ0n) is 1.97. The van der Waals surface area contributed by atoms with Crippen molar-refractivity contribution in [1.82, 2.24) is 0 Å². The fourth-order valence-corrected chi connectivity index (χ4v) is 0. The van der Waals surface area contributed by atoms with E-state index in [0.717, 1.165) is 0 Å². The van der Waals surface area contributed by atoms with Gasteiger partial charge in [0.05, 0.1) is 0 Å². The first-order chi connectivity index (χ1) is 0. The van der Waals surface area contributed by atoms with Gasteiger partial charge < -0.3 is 0 Å². The topological polar surface area (TPSA) is 0 Å². The first-order valence-corrected chi connectivity index (χ1v) is 0. The molecule has 0 rings (SSSR count). The molecule has 0 aliphatic heterocycles. The molecule has 0 aromatic carbocycles. The van der Waals surface area contributed by atoms with Crippen LogP contribution >= 0.6 is 0 Å². The van der Waals surface area contributed by atoms with Crippen molar-refractivity contribution < 1.29 is 34.4 Å². The first kappa shape index (κ1) is 45.5. The third-order valence-corrected chi connectivity index (χ3v) is 0. The van der Waals surface area contributed by atoms with Gasteiger partial charge in [0.15, 0.2) is 0 Å². The Morgan fingerprint density at radius 1 is 1.00 bits per heavy atom. The molecule has 0 bridgehead atoms. The molecule has 0 aliphatic carbocycles. The molecule has 0 saturated carbocycles. The Balaban J connectivity index is 0. The molecule has 0 spiro atoms. The van der Waals surface area contributed by atoms with E-state index in [9.17, 15) is 0 Å². The molecular formula is CH4BaCrFeSi. The van der Waals surface area contributed by atoms with Gasteiger partial charge in [-0.05, 0) is 0 Å². The molecule has 4 heteroatoms. The van der Waals surface area contributed by atoms with Crippen molar-refractivity contribution in [3.63, 3.8) is 0 Å². The predicted octanol–water partition coefficient (Wildman–Crippen LogP) is -0.131. The Morgan fingerprint density at radius 3 is 1.00 bits per heavy atom. The maximum Gasteiger partial charge on any atom is 0 e. The van der Waals surface area contributed by atoms with E-state index in [0.29, 0.717) is 0 Å². The second-order valence-corrected chi connectivity index (χ2v) is 0. The molecular weight excluding hydrogens is 285 g/mol. The molecule has 0 aromatic heterocycles. The van der Waals surface area contributed by atoms with Crippen LogP contribution in [0.3, 0.4) is 0 Å². The van der Waals surface area contributed by atoms with Crippen molar-refractivity contribution in [1.29, 1.82) is 0 Å². The Morgan fingerprint density at radius 2 is 1.00 bits per heavy atom. The first-order valence-electron chi connectivity index (χ1n) is 0. The van der Waals surface area contributed by atoms with Gasteiger partial charge in [-0.2, -0.15) is 0 Å². The van der Waals surface area contributed by atoms with Crippen LogP contribution in [-0.4, -0.2) is 59.8 Å². The monoisotopic (exact) mass is 290 g/mol. The molecule has 0 aliphatic rings. The van der Waals surface area contributed by atoms with Crippen LogP contribution in [0.25, 0.3) is 0 Å². The van der Waals surface area contributed by atoms with Gasteiger partial charge in [0.25, 0.3) is 0 Å². The third kappa shape index (κ3) is 19.9. The van der Waals surface area contributed by atoms with Gasteiger partial charge in [0, 0.05) is 94.3 Å². The van der Waals surface area contributed by atoms with Gasteiger partial charge in [0.1, 0.15) is 0 Å². The van der Waals surface area contributed by atoms with Crippen LogP contribution in [-0.2, 0) is 34.4 Å². The van der Waals surface area contributed by atoms with E-state index in [1.165, 1.54) is 0 Å². The maximum atomic E-state index is 0. The summed E-state index contributed by atoms with van der Waals surface area (Å²) in [6.45, 7) is 0. The van der Waals surface area contributed by atoms with E-state index in [4.69, 9.17) is 0 Å². The van der Waals surface area contributed by atoms with Crippen LogP contribution in [0.1, 0.15) is 7.43 Å². The van der Waals surface area contributed by atoms with Crippen molar-refractivity contribution >= 4 is 59.8 Å². The van der Waals surface area contributed by atoms with E-state index in [2.05, 4.69) is 0 Å². The minimum atomic E-state index is 0. The molecule has 5 heavy (non-hydrogen) atoms. The van der Waals surface area contributed by atoms with Crippen molar-refractivity contribution in [3.8, 4) is 0 Å². The van der Waals surface area contributed by atoms with Crippen LogP contribution in [0.5, 0.6) is 0 Å². The minimum Gasteiger partial charge on any atom is -0.0776 e. The molecule has 0 aromatic rings. The van der Waals surface area contributed by atoms with E-state index in [1.54, 1.807) is 0 Å². The Hall–Kier alpha value is 2.84. The van der Waals surface area contributed by atoms with Crippen LogP contribution < -0.4 is 0 Å². The molecule has 0 saturated heterocycles. The van der Waals surface area contributed by atoms with Gasteiger partial charge in [-0.15, -0.1) is 0 Å². The molecule has 6 radical (unpaired) electrons. The van der Waals surface area contributed by atoms with E-state index in [-0.39, 0.29) is 102 Å². The van der Waals surface area contributed by atoms with Crippen LogP contribution in [0, 0.1) is 0 Å². The summed E-state index contributed by atoms with van der Waals surface area (Å²) in [6.07, 6.45) is 0. The summed E-state index contributed by atoms with van der Waals surface area (Å²) in [5.74, 6) is 0. The Kier molecular flexibility index (Phi) is 263. The van der Waals surface area contributed by atoms with Gasteiger partial charge in [-0.3, -0.25) is 0 Å². The SMILES string of the molecule is C.[Ba].[Cr].[Fe].[Si]. The van der Waals surface area contributed by atoms with Crippen LogP contribution in [0.4, 0.5) is 0 Å². The van der Waals surface area contributed by atoms with Gasteiger partial charge in [-0.25, -0.2) is 0 Å². The Labute approximate surface area is 99.6 Å². The van der Waals surface area contributed by atoms with Crippen molar-refractivity contribution in [3.05, 3.63) is 0 Å². The molecule has 0 N–H and O–H groups in total. The molecule has 0 amide bonds. The predicted molar refractivity (Wildman–Crippen MR) is 18.2 cm³/mol. The number of rotatable bonds is 0.